The molecule has 2 aromatic carbocycles. The van der Waals surface area contributed by atoms with Crippen LogP contribution in [0.3, 0.4) is 0 Å². The number of hydrogen-bond acceptors (Lipinski definition) is 4. The van der Waals surface area contributed by atoms with Crippen molar-refractivity contribution in [3.8, 4) is 0 Å². The summed E-state index contributed by atoms with van der Waals surface area (Å²) in [6.45, 7) is 0. The van der Waals surface area contributed by atoms with Gasteiger partial charge in [0.15, 0.2) is 0 Å². The molecule has 3 aromatic rings. The van der Waals surface area contributed by atoms with E-state index in [-0.39, 0.29) is 35.8 Å². The van der Waals surface area contributed by atoms with Gasteiger partial charge in [-0.2, -0.15) is 13.2 Å². The van der Waals surface area contributed by atoms with Gasteiger partial charge in [0.25, 0.3) is 5.91 Å². The number of fused-ring (bicyclic) bond motifs is 1. The van der Waals surface area contributed by atoms with Crippen molar-refractivity contribution in [3.63, 3.8) is 0 Å². The minimum Gasteiger partial charge on any atom is -0.382 e. The number of halogens is 4. The average molecular weight is 533 g/mol. The highest BCUT2D eigenvalue weighted by Gasteiger charge is 2.34. The molecule has 10 heteroatoms. The van der Waals surface area contributed by atoms with E-state index in [0.717, 1.165) is 11.6 Å². The van der Waals surface area contributed by atoms with Crippen LogP contribution in [-0.4, -0.2) is 47.9 Å². The average Bonchev–Trinajstić information content (AvgIpc) is 2.85. The molecular weight excluding hydrogens is 505 g/mol. The maximum Gasteiger partial charge on any atom is 0.433 e. The number of amides is 2. The molecule has 2 N–H and O–H groups in total. The second kappa shape index (κ2) is 11.0. The van der Waals surface area contributed by atoms with E-state index in [1.165, 1.54) is 17.0 Å². The lowest BCUT2D eigenvalue weighted by Gasteiger charge is -2.31. The van der Waals surface area contributed by atoms with Crippen molar-refractivity contribution in [1.82, 2.24) is 15.2 Å². The number of hydrogen-bond donors (Lipinski definition) is 2. The number of pyridine rings is 1. The highest BCUT2D eigenvalue weighted by atomic mass is 35.5. The van der Waals surface area contributed by atoms with E-state index in [1.54, 1.807) is 38.4 Å². The molecule has 1 heterocycles. The lowest BCUT2D eigenvalue weighted by Crippen LogP contribution is -2.40. The van der Waals surface area contributed by atoms with E-state index in [4.69, 9.17) is 11.6 Å². The Labute approximate surface area is 218 Å². The second-order valence-corrected chi connectivity index (χ2v) is 9.98. The number of carbonyl (C=O) groups excluding carboxylic acids is 2. The summed E-state index contributed by atoms with van der Waals surface area (Å²) in [6, 6.07) is 12.5. The number of likely N-dealkylation sites (N-methyl/N-ethyl adjacent to an activating group) is 1. The van der Waals surface area contributed by atoms with E-state index >= 15 is 0 Å². The van der Waals surface area contributed by atoms with Gasteiger partial charge in [-0.15, -0.1) is 0 Å². The molecule has 196 valence electrons. The Kier molecular flexibility index (Phi) is 7.92. The topological polar surface area (TPSA) is 74.3 Å². The molecule has 1 aromatic heterocycles. The van der Waals surface area contributed by atoms with Crippen molar-refractivity contribution in [2.24, 2.45) is 0 Å². The van der Waals surface area contributed by atoms with Crippen LogP contribution in [0.1, 0.15) is 47.3 Å². The minimum absolute atomic E-state index is 0.0463. The van der Waals surface area contributed by atoms with Gasteiger partial charge in [0.1, 0.15) is 5.69 Å². The monoisotopic (exact) mass is 532 g/mol. The van der Waals surface area contributed by atoms with Gasteiger partial charge in [-0.25, -0.2) is 4.98 Å². The summed E-state index contributed by atoms with van der Waals surface area (Å²) in [5.41, 5.74) is 0.861. The van der Waals surface area contributed by atoms with E-state index < -0.39 is 11.9 Å². The zero-order valence-corrected chi connectivity index (χ0v) is 21.3. The molecule has 0 unspecified atom stereocenters. The number of alkyl halides is 3. The molecule has 2 amide bonds. The molecule has 0 atom stereocenters. The molecule has 0 bridgehead atoms. The van der Waals surface area contributed by atoms with Crippen molar-refractivity contribution in [3.05, 3.63) is 70.4 Å². The van der Waals surface area contributed by atoms with Gasteiger partial charge >= 0.3 is 6.18 Å². The highest BCUT2D eigenvalue weighted by molar-refractivity contribution is 6.31. The Morgan fingerprint density at radius 2 is 1.73 bits per heavy atom. The maximum absolute atomic E-state index is 13.4. The van der Waals surface area contributed by atoms with Gasteiger partial charge in [0, 0.05) is 47.8 Å². The third-order valence-corrected chi connectivity index (χ3v) is 6.76. The smallest absolute Gasteiger partial charge is 0.382 e. The lowest BCUT2D eigenvalue weighted by atomic mass is 9.90. The van der Waals surface area contributed by atoms with Crippen molar-refractivity contribution in [1.29, 1.82) is 0 Å². The Hall–Kier alpha value is -3.33. The number of rotatable bonds is 6. The summed E-state index contributed by atoms with van der Waals surface area (Å²) in [7, 11) is 3.37. The standard InChI is InChI=1S/C27H28ClF3N4O2/c1-35(2)25(36)13-16-4-3-5-17(12-16)26(37)33-20-9-7-19(8-10-20)32-23-15-24(27(29,30)31)34-22-11-6-18(28)14-21(22)23/h3-6,11-12,14-15,19-20H,7-10,13H2,1-2H3,(H,32,34)(H,33,37). The third kappa shape index (κ3) is 6.71. The van der Waals surface area contributed by atoms with Gasteiger partial charge in [0.2, 0.25) is 5.91 Å². The zero-order chi connectivity index (χ0) is 26.7. The Balaban J connectivity index is 1.39. The quantitative estimate of drug-likeness (QED) is 0.428. The predicted octanol–water partition coefficient (Wildman–Crippen LogP) is 5.69. The van der Waals surface area contributed by atoms with Crippen LogP contribution in [0.5, 0.6) is 0 Å². The summed E-state index contributed by atoms with van der Waals surface area (Å²) in [5.74, 6) is -0.255. The SMILES string of the molecule is CN(C)C(=O)Cc1cccc(C(=O)NC2CCC(Nc3cc(C(F)(F)F)nc4ccc(Cl)cc34)CC2)c1. The third-order valence-electron chi connectivity index (χ3n) is 6.53. The summed E-state index contributed by atoms with van der Waals surface area (Å²) in [5, 5.41) is 7.25. The summed E-state index contributed by atoms with van der Waals surface area (Å²) in [4.78, 5) is 30.1. The first-order valence-electron chi connectivity index (χ1n) is 12.0. The first-order valence-corrected chi connectivity index (χ1v) is 12.4. The van der Waals surface area contributed by atoms with Crippen LogP contribution < -0.4 is 10.6 Å². The summed E-state index contributed by atoms with van der Waals surface area (Å²) in [6.07, 6.45) is -1.64. The first-order chi connectivity index (χ1) is 17.5. The minimum atomic E-state index is -4.57. The Morgan fingerprint density at radius 1 is 1.03 bits per heavy atom. The molecule has 0 spiro atoms. The number of nitrogens with one attached hydrogen (secondary N) is 2. The summed E-state index contributed by atoms with van der Waals surface area (Å²) < 4.78 is 40.2. The molecule has 37 heavy (non-hydrogen) atoms. The number of anilines is 1. The van der Waals surface area contributed by atoms with Gasteiger partial charge in [-0.1, -0.05) is 23.7 Å². The van der Waals surface area contributed by atoms with Gasteiger partial charge in [-0.05, 0) is 67.6 Å². The van der Waals surface area contributed by atoms with Crippen LogP contribution in [0.15, 0.2) is 48.5 Å². The number of carbonyl (C=O) groups is 2. The van der Waals surface area contributed by atoms with Crippen LogP contribution in [-0.2, 0) is 17.4 Å². The largest absolute Gasteiger partial charge is 0.433 e. The summed E-state index contributed by atoms with van der Waals surface area (Å²) >= 11 is 6.09. The van der Waals surface area contributed by atoms with Crippen molar-refractivity contribution >= 4 is 40.0 Å². The molecule has 1 saturated carbocycles. The predicted molar refractivity (Wildman–Crippen MR) is 138 cm³/mol. The second-order valence-electron chi connectivity index (χ2n) is 9.55. The Bertz CT molecular complexity index is 1300. The van der Waals surface area contributed by atoms with Crippen molar-refractivity contribution in [2.75, 3.05) is 19.4 Å². The molecule has 1 aliphatic rings. The Morgan fingerprint density at radius 3 is 2.41 bits per heavy atom. The van der Waals surface area contributed by atoms with Crippen molar-refractivity contribution in [2.45, 2.75) is 50.4 Å². The molecule has 0 aliphatic heterocycles. The normalized spacial score (nSPS) is 17.9. The maximum atomic E-state index is 13.4. The fourth-order valence-electron chi connectivity index (χ4n) is 4.49. The zero-order valence-electron chi connectivity index (χ0n) is 20.5. The molecule has 0 saturated heterocycles. The van der Waals surface area contributed by atoms with Crippen LogP contribution >= 0.6 is 11.6 Å². The van der Waals surface area contributed by atoms with E-state index in [1.807, 2.05) is 6.07 Å². The van der Waals surface area contributed by atoms with Gasteiger partial charge in [-0.3, -0.25) is 9.59 Å². The fourth-order valence-corrected chi connectivity index (χ4v) is 4.66. The number of nitrogens with zero attached hydrogens (tertiary/aromatic N) is 2. The first kappa shape index (κ1) is 26.7. The molecule has 6 nitrogen and oxygen atoms in total. The van der Waals surface area contributed by atoms with E-state index in [9.17, 15) is 22.8 Å². The molecule has 1 fully saturated rings. The van der Waals surface area contributed by atoms with Crippen LogP contribution in [0.4, 0.5) is 18.9 Å². The van der Waals surface area contributed by atoms with Crippen LogP contribution in [0.25, 0.3) is 10.9 Å². The van der Waals surface area contributed by atoms with Crippen LogP contribution in [0.2, 0.25) is 5.02 Å². The fraction of sp³-hybridized carbons (Fsp3) is 0.370. The lowest BCUT2D eigenvalue weighted by molar-refractivity contribution is -0.140. The number of benzene rings is 2. The van der Waals surface area contributed by atoms with Crippen LogP contribution in [0, 0.1) is 0 Å². The molecular formula is C27H28ClF3N4O2. The molecule has 1 aliphatic carbocycles. The van der Waals surface area contributed by atoms with E-state index in [2.05, 4.69) is 15.6 Å². The molecule has 4 rings (SSSR count). The van der Waals surface area contributed by atoms with E-state index in [0.29, 0.717) is 47.3 Å². The van der Waals surface area contributed by atoms with Gasteiger partial charge in [0.05, 0.1) is 11.9 Å². The van der Waals surface area contributed by atoms with Crippen molar-refractivity contribution < 1.29 is 22.8 Å². The number of aromatic nitrogens is 1. The highest BCUT2D eigenvalue weighted by Crippen LogP contribution is 2.35. The van der Waals surface area contributed by atoms with Gasteiger partial charge < -0.3 is 15.5 Å². The molecule has 0 radical (unpaired) electrons.